The van der Waals surface area contributed by atoms with Gasteiger partial charge in [-0.25, -0.2) is 0 Å². The summed E-state index contributed by atoms with van der Waals surface area (Å²) in [7, 11) is 4.71. The number of halogens is 4. The number of aliphatic imine (C=N–C) groups is 1. The van der Waals surface area contributed by atoms with Crippen LogP contribution >= 0.6 is 24.0 Å². The van der Waals surface area contributed by atoms with Crippen molar-refractivity contribution in [2.24, 2.45) is 4.99 Å². The van der Waals surface area contributed by atoms with Crippen LogP contribution in [0.15, 0.2) is 23.2 Å². The van der Waals surface area contributed by atoms with E-state index in [0.29, 0.717) is 19.0 Å². The van der Waals surface area contributed by atoms with E-state index in [9.17, 15) is 13.2 Å². The number of nitrogens with zero attached hydrogens (tertiary/aromatic N) is 2. The number of methoxy groups -OCH3 is 1. The first-order chi connectivity index (χ1) is 11.7. The minimum absolute atomic E-state index is 0. The minimum atomic E-state index is -4.18. The summed E-state index contributed by atoms with van der Waals surface area (Å²) in [5, 5.41) is 6.16. The Morgan fingerprint density at radius 3 is 2.46 bits per heavy atom. The highest BCUT2D eigenvalue weighted by molar-refractivity contribution is 14.0. The van der Waals surface area contributed by atoms with Crippen molar-refractivity contribution in [3.8, 4) is 5.75 Å². The van der Waals surface area contributed by atoms with Gasteiger partial charge in [0, 0.05) is 26.7 Å². The molecule has 1 aromatic carbocycles. The molecule has 1 rings (SSSR count). The van der Waals surface area contributed by atoms with Crippen molar-refractivity contribution in [1.82, 2.24) is 15.5 Å². The van der Waals surface area contributed by atoms with Gasteiger partial charge in [-0.15, -0.1) is 24.0 Å². The lowest BCUT2D eigenvalue weighted by Crippen LogP contribution is -2.42. The van der Waals surface area contributed by atoms with Crippen LogP contribution in [-0.4, -0.2) is 64.4 Å². The molecule has 0 saturated heterocycles. The second-order valence-electron chi connectivity index (χ2n) is 5.83. The average molecular weight is 488 g/mol. The third-order valence-electron chi connectivity index (χ3n) is 3.64. The van der Waals surface area contributed by atoms with Gasteiger partial charge in [-0.1, -0.05) is 12.1 Å². The Balaban J connectivity index is 0.00000625. The number of aryl methyl sites for hydroxylation is 1. The molecule has 0 fully saturated rings. The highest BCUT2D eigenvalue weighted by Gasteiger charge is 2.28. The number of guanidine groups is 1. The monoisotopic (exact) mass is 488 g/mol. The van der Waals surface area contributed by atoms with Gasteiger partial charge in [0.25, 0.3) is 0 Å². The van der Waals surface area contributed by atoms with Crippen LogP contribution in [0.1, 0.15) is 11.1 Å². The topological polar surface area (TPSA) is 48.9 Å². The Morgan fingerprint density at radius 2 is 1.88 bits per heavy atom. The summed E-state index contributed by atoms with van der Waals surface area (Å²) in [6, 6.07) is 6.05. The van der Waals surface area contributed by atoms with Gasteiger partial charge in [0.1, 0.15) is 5.75 Å². The van der Waals surface area contributed by atoms with Crippen molar-refractivity contribution in [2.75, 3.05) is 47.4 Å². The Bertz CT molecular complexity index is 567. The molecule has 0 radical (unpaired) electrons. The maximum atomic E-state index is 12.3. The standard InChI is InChI=1S/C17H27F3N4O.HI/c1-13-5-6-14(11-15(13)25-4)7-8-22-16(21-2)23-9-10-24(3)12-17(18,19)20;/h5-6,11H,7-10,12H2,1-4H3,(H2,21,22,23);1H. The van der Waals surface area contributed by atoms with Crippen LogP contribution < -0.4 is 15.4 Å². The fourth-order valence-corrected chi connectivity index (χ4v) is 2.32. The number of alkyl halides is 3. The van der Waals surface area contributed by atoms with E-state index in [-0.39, 0.29) is 30.5 Å². The van der Waals surface area contributed by atoms with Crippen LogP contribution in [0.3, 0.4) is 0 Å². The van der Waals surface area contributed by atoms with E-state index in [1.54, 1.807) is 14.2 Å². The van der Waals surface area contributed by atoms with Gasteiger partial charge >= 0.3 is 6.18 Å². The van der Waals surface area contributed by atoms with E-state index in [4.69, 9.17) is 4.74 Å². The molecule has 150 valence electrons. The molecule has 2 N–H and O–H groups in total. The number of rotatable bonds is 8. The zero-order valence-electron chi connectivity index (χ0n) is 15.6. The largest absolute Gasteiger partial charge is 0.496 e. The van der Waals surface area contributed by atoms with Crippen molar-refractivity contribution in [3.63, 3.8) is 0 Å². The van der Waals surface area contributed by atoms with Gasteiger partial charge in [0.05, 0.1) is 13.7 Å². The van der Waals surface area contributed by atoms with E-state index in [1.165, 1.54) is 11.9 Å². The maximum absolute atomic E-state index is 12.3. The van der Waals surface area contributed by atoms with Crippen molar-refractivity contribution in [2.45, 2.75) is 19.5 Å². The molecule has 1 aromatic rings. The molecule has 5 nitrogen and oxygen atoms in total. The summed E-state index contributed by atoms with van der Waals surface area (Å²) >= 11 is 0. The van der Waals surface area contributed by atoms with Gasteiger partial charge in [-0.05, 0) is 37.6 Å². The van der Waals surface area contributed by atoms with Crippen LogP contribution in [0.5, 0.6) is 5.75 Å². The number of likely N-dealkylation sites (N-methyl/N-ethyl adjacent to an activating group) is 1. The summed E-state index contributed by atoms with van der Waals surface area (Å²) in [5.41, 5.74) is 2.22. The predicted molar refractivity (Wildman–Crippen MR) is 110 cm³/mol. The van der Waals surface area contributed by atoms with Gasteiger partial charge in [0.15, 0.2) is 5.96 Å². The zero-order valence-corrected chi connectivity index (χ0v) is 17.9. The molecule has 26 heavy (non-hydrogen) atoms. The predicted octanol–water partition coefficient (Wildman–Crippen LogP) is 2.82. The van der Waals surface area contributed by atoms with Crippen molar-refractivity contribution >= 4 is 29.9 Å². The number of hydrogen-bond donors (Lipinski definition) is 2. The first kappa shape index (κ1) is 24.8. The molecular weight excluding hydrogens is 460 g/mol. The quantitative estimate of drug-likeness (QED) is 0.336. The molecule has 0 unspecified atom stereocenters. The van der Waals surface area contributed by atoms with Crippen LogP contribution in [-0.2, 0) is 6.42 Å². The smallest absolute Gasteiger partial charge is 0.401 e. The van der Waals surface area contributed by atoms with E-state index in [0.717, 1.165) is 23.3 Å². The third-order valence-corrected chi connectivity index (χ3v) is 3.64. The first-order valence-electron chi connectivity index (χ1n) is 8.08. The molecule has 9 heteroatoms. The van der Waals surface area contributed by atoms with E-state index in [1.807, 2.05) is 25.1 Å². The van der Waals surface area contributed by atoms with Crippen molar-refractivity contribution < 1.29 is 17.9 Å². The normalized spacial score (nSPS) is 11.9. The summed E-state index contributed by atoms with van der Waals surface area (Å²) in [6.07, 6.45) is -3.39. The lowest BCUT2D eigenvalue weighted by molar-refractivity contribution is -0.142. The van der Waals surface area contributed by atoms with E-state index >= 15 is 0 Å². The van der Waals surface area contributed by atoms with Crippen LogP contribution in [0.25, 0.3) is 0 Å². The number of ether oxygens (including phenoxy) is 1. The highest BCUT2D eigenvalue weighted by Crippen LogP contribution is 2.19. The molecule has 0 aliphatic carbocycles. The summed E-state index contributed by atoms with van der Waals surface area (Å²) in [6.45, 7) is 2.38. The SMILES string of the molecule is CN=C(NCCc1ccc(C)c(OC)c1)NCCN(C)CC(F)(F)F.I. The van der Waals surface area contributed by atoms with Crippen molar-refractivity contribution in [3.05, 3.63) is 29.3 Å². The number of hydrogen-bond acceptors (Lipinski definition) is 3. The molecule has 0 saturated carbocycles. The molecule has 0 aromatic heterocycles. The molecule has 0 atom stereocenters. The van der Waals surface area contributed by atoms with E-state index in [2.05, 4.69) is 15.6 Å². The summed E-state index contributed by atoms with van der Waals surface area (Å²) < 4.78 is 42.1. The zero-order chi connectivity index (χ0) is 18.9. The first-order valence-corrected chi connectivity index (χ1v) is 8.08. The van der Waals surface area contributed by atoms with E-state index < -0.39 is 12.7 Å². The Kier molecular flexibility index (Phi) is 11.6. The average Bonchev–Trinajstić information content (AvgIpc) is 2.53. The molecule has 0 aliphatic heterocycles. The molecular formula is C17H28F3IN4O. The molecule has 0 bridgehead atoms. The maximum Gasteiger partial charge on any atom is 0.401 e. The fourth-order valence-electron chi connectivity index (χ4n) is 2.32. The molecule has 0 heterocycles. The van der Waals surface area contributed by atoms with Gasteiger partial charge in [-0.2, -0.15) is 13.2 Å². The Labute approximate surface area is 170 Å². The Morgan fingerprint density at radius 1 is 1.23 bits per heavy atom. The minimum Gasteiger partial charge on any atom is -0.496 e. The van der Waals surface area contributed by atoms with Crippen LogP contribution in [0.2, 0.25) is 0 Å². The molecule has 0 amide bonds. The van der Waals surface area contributed by atoms with Gasteiger partial charge in [0.2, 0.25) is 0 Å². The fraction of sp³-hybridized carbons (Fsp3) is 0.588. The van der Waals surface area contributed by atoms with Crippen LogP contribution in [0.4, 0.5) is 13.2 Å². The number of benzene rings is 1. The second-order valence-corrected chi connectivity index (χ2v) is 5.83. The van der Waals surface area contributed by atoms with Gasteiger partial charge < -0.3 is 15.4 Å². The van der Waals surface area contributed by atoms with Crippen molar-refractivity contribution in [1.29, 1.82) is 0 Å². The highest BCUT2D eigenvalue weighted by atomic mass is 127. The molecule has 0 aliphatic rings. The lowest BCUT2D eigenvalue weighted by atomic mass is 10.1. The second kappa shape index (κ2) is 12.2. The lowest BCUT2D eigenvalue weighted by Gasteiger charge is -2.19. The number of nitrogens with one attached hydrogen (secondary N) is 2. The third kappa shape index (κ3) is 10.0. The Hall–Kier alpha value is -1.23. The van der Waals surface area contributed by atoms with Gasteiger partial charge in [-0.3, -0.25) is 9.89 Å². The molecule has 0 spiro atoms. The van der Waals surface area contributed by atoms with Crippen LogP contribution in [0, 0.1) is 6.92 Å². The summed E-state index contributed by atoms with van der Waals surface area (Å²) in [5.74, 6) is 1.42. The summed E-state index contributed by atoms with van der Waals surface area (Å²) in [4.78, 5) is 5.29.